The Labute approximate surface area is 376 Å². The Kier molecular flexibility index (Phi) is 48.6. The molecule has 342 valence electrons. The maximum Gasteiger partial charge on any atom is 0.332 e. The number of aliphatic carboxylic acids is 1. The van der Waals surface area contributed by atoms with Gasteiger partial charge in [0.1, 0.15) is 0 Å². The summed E-state index contributed by atoms with van der Waals surface area (Å²) in [5, 5.41) is 11.2. The first-order valence-electron chi connectivity index (χ1n) is 25.8. The van der Waals surface area contributed by atoms with E-state index in [0.717, 1.165) is 35.9 Å². The van der Waals surface area contributed by atoms with Gasteiger partial charge in [0.05, 0.1) is 4.58 Å². The van der Waals surface area contributed by atoms with E-state index in [-0.39, 0.29) is 4.58 Å². The second-order valence-electron chi connectivity index (χ2n) is 17.5. The average Bonchev–Trinajstić information content (AvgIpc) is 3.21. The number of thioether (sulfide) groups is 4. The zero-order valence-corrected chi connectivity index (χ0v) is 42.4. The van der Waals surface area contributed by atoms with E-state index in [1.165, 1.54) is 244 Å². The Balaban J connectivity index is 5.30. The van der Waals surface area contributed by atoms with Crippen molar-refractivity contribution >= 4 is 53.0 Å². The van der Waals surface area contributed by atoms with Gasteiger partial charge in [-0.05, 0) is 48.7 Å². The molecule has 0 unspecified atom stereocenters. The highest BCUT2D eigenvalue weighted by atomic mass is 32.2. The van der Waals surface area contributed by atoms with E-state index in [4.69, 9.17) is 0 Å². The minimum Gasteiger partial charge on any atom is -0.480 e. The highest BCUT2D eigenvalue weighted by Crippen LogP contribution is 2.51. The van der Waals surface area contributed by atoms with Crippen LogP contribution in [0, 0.1) is 0 Å². The van der Waals surface area contributed by atoms with Crippen molar-refractivity contribution in [2.75, 3.05) is 23.0 Å². The molecule has 1 N–H and O–H groups in total. The molecule has 6 heteroatoms. The van der Waals surface area contributed by atoms with Crippen molar-refractivity contribution in [3.63, 3.8) is 0 Å². The zero-order chi connectivity index (χ0) is 41.6. The van der Waals surface area contributed by atoms with Crippen molar-refractivity contribution in [1.29, 1.82) is 0 Å². The van der Waals surface area contributed by atoms with Crippen LogP contribution < -0.4 is 0 Å². The van der Waals surface area contributed by atoms with Crippen LogP contribution in [-0.4, -0.2) is 42.7 Å². The van der Waals surface area contributed by atoms with Gasteiger partial charge >= 0.3 is 5.97 Å². The normalized spacial score (nSPS) is 12.0. The van der Waals surface area contributed by atoms with Crippen LogP contribution in [0.2, 0.25) is 0 Å². The number of unbranched alkanes of at least 4 members (excludes halogenated alkanes) is 36. The fourth-order valence-corrected chi connectivity index (χ4v) is 14.9. The summed E-state index contributed by atoms with van der Waals surface area (Å²) in [5.41, 5.74) is 0. The number of hydrogen-bond donors (Lipinski definition) is 1. The van der Waals surface area contributed by atoms with Crippen molar-refractivity contribution in [1.82, 2.24) is 0 Å². The number of carbonyl (C=O) groups is 1. The minimum absolute atomic E-state index is 0.119. The molecule has 0 spiro atoms. The third-order valence-corrected chi connectivity index (χ3v) is 18.9. The molecular weight excluding hydrogens is 773 g/mol. The SMILES string of the molecule is CCCCCCCCCCCCSC(SCCCCCCCCCCCC)C(SCCCCCCCCCCCC)(SCCCCCCCCCCCC)C(=O)O. The summed E-state index contributed by atoms with van der Waals surface area (Å²) in [7, 11) is 0. The number of hydrogen-bond acceptors (Lipinski definition) is 5. The van der Waals surface area contributed by atoms with Crippen LogP contribution in [0.25, 0.3) is 0 Å². The molecule has 0 atom stereocenters. The number of carboxylic acids is 1. The van der Waals surface area contributed by atoms with Crippen LogP contribution in [0.5, 0.6) is 0 Å². The summed E-state index contributed by atoms with van der Waals surface area (Å²) in [5.74, 6) is 3.65. The summed E-state index contributed by atoms with van der Waals surface area (Å²) in [4.78, 5) is 13.6. The lowest BCUT2D eigenvalue weighted by molar-refractivity contribution is -0.136. The summed E-state index contributed by atoms with van der Waals surface area (Å²) in [6.45, 7) is 9.19. The molecule has 0 aliphatic heterocycles. The monoisotopic (exact) mass is 875 g/mol. The molecule has 0 saturated heterocycles. The maximum absolute atomic E-state index is 13.6. The van der Waals surface area contributed by atoms with Crippen molar-refractivity contribution in [3.8, 4) is 0 Å². The minimum atomic E-state index is -0.745. The molecule has 57 heavy (non-hydrogen) atoms. The molecule has 0 radical (unpaired) electrons. The summed E-state index contributed by atoms with van der Waals surface area (Å²) < 4.78 is -0.626. The van der Waals surface area contributed by atoms with Gasteiger partial charge in [0.2, 0.25) is 0 Å². The van der Waals surface area contributed by atoms with Crippen LogP contribution in [0.3, 0.4) is 0 Å². The summed E-state index contributed by atoms with van der Waals surface area (Å²) >= 11 is 7.71. The second-order valence-corrected chi connectivity index (χ2v) is 23.1. The van der Waals surface area contributed by atoms with Gasteiger partial charge in [-0.1, -0.05) is 259 Å². The highest BCUT2D eigenvalue weighted by Gasteiger charge is 2.47. The molecule has 0 heterocycles. The summed E-state index contributed by atoms with van der Waals surface area (Å²) in [6.07, 6.45) is 53.8. The lowest BCUT2D eigenvalue weighted by Crippen LogP contribution is -2.41. The van der Waals surface area contributed by atoms with Crippen molar-refractivity contribution in [2.24, 2.45) is 0 Å². The Morgan fingerprint density at radius 2 is 0.526 bits per heavy atom. The van der Waals surface area contributed by atoms with Gasteiger partial charge in [-0.15, -0.1) is 47.0 Å². The molecule has 2 nitrogen and oxygen atoms in total. The molecule has 0 fully saturated rings. The van der Waals surface area contributed by atoms with E-state index in [2.05, 4.69) is 27.7 Å². The smallest absolute Gasteiger partial charge is 0.332 e. The number of carboxylic acid groups (broad SMARTS) is 1. The van der Waals surface area contributed by atoms with Crippen molar-refractivity contribution in [3.05, 3.63) is 0 Å². The van der Waals surface area contributed by atoms with Gasteiger partial charge in [-0.25, -0.2) is 4.79 Å². The third-order valence-electron chi connectivity index (χ3n) is 11.8. The topological polar surface area (TPSA) is 37.3 Å². The van der Waals surface area contributed by atoms with Gasteiger partial charge in [-0.2, -0.15) is 0 Å². The van der Waals surface area contributed by atoms with Gasteiger partial charge in [0.15, 0.2) is 4.08 Å². The van der Waals surface area contributed by atoms with Crippen LogP contribution in [0.1, 0.15) is 285 Å². The van der Waals surface area contributed by atoms with E-state index in [1.807, 2.05) is 47.0 Å². The largest absolute Gasteiger partial charge is 0.480 e. The first kappa shape index (κ1) is 57.9. The van der Waals surface area contributed by atoms with Crippen molar-refractivity contribution in [2.45, 2.75) is 293 Å². The Hall–Kier alpha value is 0.870. The first-order valence-corrected chi connectivity index (χ1v) is 29.9. The predicted octanol–water partition coefficient (Wildman–Crippen LogP) is 19.7. The van der Waals surface area contributed by atoms with Gasteiger partial charge < -0.3 is 5.11 Å². The fraction of sp³-hybridized carbons (Fsp3) is 0.980. The lowest BCUT2D eigenvalue weighted by Gasteiger charge is -2.36. The van der Waals surface area contributed by atoms with Crippen LogP contribution in [0.4, 0.5) is 0 Å². The van der Waals surface area contributed by atoms with Gasteiger partial charge in [-0.3, -0.25) is 0 Å². The Morgan fingerprint density at radius 1 is 0.333 bits per heavy atom. The molecule has 0 amide bonds. The van der Waals surface area contributed by atoms with Crippen molar-refractivity contribution < 1.29 is 9.90 Å². The molecule has 0 aliphatic rings. The predicted molar refractivity (Wildman–Crippen MR) is 271 cm³/mol. The quantitative estimate of drug-likeness (QED) is 0.0485. The second kappa shape index (κ2) is 47.9. The van der Waals surface area contributed by atoms with E-state index >= 15 is 0 Å². The molecule has 0 aromatic carbocycles. The van der Waals surface area contributed by atoms with Crippen LogP contribution >= 0.6 is 47.0 Å². The van der Waals surface area contributed by atoms with Gasteiger partial charge in [0, 0.05) is 0 Å². The van der Waals surface area contributed by atoms with Crippen LogP contribution in [0.15, 0.2) is 0 Å². The first-order chi connectivity index (χ1) is 28.1. The van der Waals surface area contributed by atoms with E-state index in [1.54, 1.807) is 0 Å². The molecule has 0 aromatic heterocycles. The molecule has 0 bridgehead atoms. The number of rotatable bonds is 50. The fourth-order valence-electron chi connectivity index (χ4n) is 7.86. The maximum atomic E-state index is 13.6. The molecule has 0 aliphatic carbocycles. The summed E-state index contributed by atoms with van der Waals surface area (Å²) in [6, 6.07) is 0. The Morgan fingerprint density at radius 3 is 0.737 bits per heavy atom. The van der Waals surface area contributed by atoms with E-state index < -0.39 is 10.0 Å². The molecular formula is C51H102O2S4. The third kappa shape index (κ3) is 38.3. The standard InChI is InChI=1S/C51H102O2S4/c1-5-9-13-17-21-25-29-33-37-41-45-54-50(55-46-42-38-34-30-26-22-18-14-10-6-2)51(49(52)53,56-47-43-39-35-31-27-23-19-15-11-7-3)57-48-44-40-36-32-28-24-20-16-12-8-4/h50H,5-48H2,1-4H3,(H,52,53). The average molecular weight is 876 g/mol. The zero-order valence-electron chi connectivity index (χ0n) is 39.2. The Bertz CT molecular complexity index is 728. The molecule has 0 aromatic rings. The van der Waals surface area contributed by atoms with E-state index in [9.17, 15) is 9.90 Å². The lowest BCUT2D eigenvalue weighted by atomic mass is 10.1. The highest BCUT2D eigenvalue weighted by molar-refractivity contribution is 8.25. The molecule has 0 saturated carbocycles. The van der Waals surface area contributed by atoms with Gasteiger partial charge in [0.25, 0.3) is 0 Å². The van der Waals surface area contributed by atoms with Crippen LogP contribution in [-0.2, 0) is 4.79 Å². The van der Waals surface area contributed by atoms with E-state index in [0.29, 0.717) is 0 Å². The molecule has 0 rings (SSSR count).